The van der Waals surface area contributed by atoms with Gasteiger partial charge in [-0.05, 0) is 91.5 Å². The maximum Gasteiger partial charge on any atom is 0.239 e. The summed E-state index contributed by atoms with van der Waals surface area (Å²) in [5.74, 6) is 0.358. The molecule has 3 aliphatic rings. The standard InChI is InChI=1S/C55H74N2O9/c1-5-7-8-9-10-11-12-13-17-26-52(61)57(3)51-37-48(56-64-39-40-22-15-14-16-23-40)46-35-41(24-18-20-31-58)45(25-19-21-32-59)53-47-36-44(65-43-27-29-49(62-4)42(34-43)38-60)28-30-50(47)66-55(51,54(46)53)63-33-6-2/h6,14-16,22-23,27-30,34-36,38,41,45,51,53-54,58-59H,2,5,7-13,17-21,24-26,31-33,37,39H2,1,3-4H3/t41-,45+,51-,53+,54+,55+/m0/s1. The number of unbranched alkanes of at least 4 members (excludes halogenated alkanes) is 10. The molecule has 1 amide bonds. The number of hydrogen-bond acceptors (Lipinski definition) is 10. The van der Waals surface area contributed by atoms with Gasteiger partial charge in [0.2, 0.25) is 11.7 Å². The Kier molecular flexibility index (Phi) is 19.7. The molecule has 66 heavy (non-hydrogen) atoms. The number of aliphatic hydroxyl groups excluding tert-OH is 2. The highest BCUT2D eigenvalue weighted by atomic mass is 16.7. The molecule has 11 heteroatoms. The summed E-state index contributed by atoms with van der Waals surface area (Å²) in [5, 5.41) is 24.9. The first-order chi connectivity index (χ1) is 32.3. The smallest absolute Gasteiger partial charge is 0.239 e. The number of amides is 1. The van der Waals surface area contributed by atoms with Crippen LogP contribution in [0.5, 0.6) is 23.0 Å². The molecule has 11 nitrogen and oxygen atoms in total. The normalized spacial score (nSPS) is 22.3. The summed E-state index contributed by atoms with van der Waals surface area (Å²) in [6.45, 7) is 6.96. The molecular weight excluding hydrogens is 833 g/mol. The number of allylic oxidation sites excluding steroid dienone is 1. The summed E-state index contributed by atoms with van der Waals surface area (Å²) in [6.07, 6.45) is 20.7. The van der Waals surface area contributed by atoms with Gasteiger partial charge in [-0.25, -0.2) is 0 Å². The summed E-state index contributed by atoms with van der Waals surface area (Å²) < 4.78 is 26.3. The Morgan fingerprint density at radius 1 is 0.894 bits per heavy atom. The Balaban J connectivity index is 1.45. The number of aliphatic hydroxyl groups is 2. The maximum absolute atomic E-state index is 14.5. The van der Waals surface area contributed by atoms with Crippen molar-refractivity contribution in [3.8, 4) is 23.0 Å². The van der Waals surface area contributed by atoms with Gasteiger partial charge in [0.25, 0.3) is 0 Å². The number of aldehydes is 1. The van der Waals surface area contributed by atoms with E-state index < -0.39 is 17.7 Å². The third-order valence-electron chi connectivity index (χ3n) is 13.8. The lowest BCUT2D eigenvalue weighted by Crippen LogP contribution is -2.69. The predicted molar refractivity (Wildman–Crippen MR) is 259 cm³/mol. The first-order valence-electron chi connectivity index (χ1n) is 24.6. The van der Waals surface area contributed by atoms with Crippen LogP contribution in [-0.2, 0) is 21.0 Å². The topological polar surface area (TPSA) is 136 Å². The van der Waals surface area contributed by atoms with E-state index in [1.807, 2.05) is 60.5 Å². The van der Waals surface area contributed by atoms with Crippen LogP contribution in [0, 0.1) is 17.8 Å². The molecule has 0 saturated heterocycles. The van der Waals surface area contributed by atoms with E-state index in [1.54, 1.807) is 24.3 Å². The molecule has 3 aromatic rings. The van der Waals surface area contributed by atoms with Crippen LogP contribution in [0.25, 0.3) is 0 Å². The number of likely N-dealkylation sites (N-methyl/N-ethyl adjacent to an activating group) is 1. The molecule has 6 rings (SSSR count). The van der Waals surface area contributed by atoms with Gasteiger partial charge < -0.3 is 38.9 Å². The second-order valence-electron chi connectivity index (χ2n) is 18.2. The predicted octanol–water partition coefficient (Wildman–Crippen LogP) is 11.5. The molecule has 1 fully saturated rings. The minimum Gasteiger partial charge on any atom is -0.496 e. The molecule has 1 aliphatic heterocycles. The molecule has 358 valence electrons. The Morgan fingerprint density at radius 3 is 2.29 bits per heavy atom. The third-order valence-corrected chi connectivity index (χ3v) is 13.8. The van der Waals surface area contributed by atoms with Crippen molar-refractivity contribution in [1.29, 1.82) is 0 Å². The lowest BCUT2D eigenvalue weighted by atomic mass is 9.55. The lowest BCUT2D eigenvalue weighted by molar-refractivity contribution is -0.255. The number of benzene rings is 3. The Labute approximate surface area is 393 Å². The minimum atomic E-state index is -1.33. The van der Waals surface area contributed by atoms with Crippen LogP contribution in [0.15, 0.2) is 96.2 Å². The molecule has 3 aromatic carbocycles. The van der Waals surface area contributed by atoms with Gasteiger partial charge in [0.1, 0.15) is 35.6 Å². The van der Waals surface area contributed by atoms with Gasteiger partial charge in [0.05, 0.1) is 30.9 Å². The van der Waals surface area contributed by atoms with E-state index in [0.29, 0.717) is 54.2 Å². The van der Waals surface area contributed by atoms with Crippen LogP contribution >= 0.6 is 0 Å². The highest BCUT2D eigenvalue weighted by molar-refractivity contribution is 6.03. The van der Waals surface area contributed by atoms with Gasteiger partial charge in [-0.1, -0.05) is 119 Å². The third kappa shape index (κ3) is 12.5. The molecule has 0 unspecified atom stereocenters. The average Bonchev–Trinajstić information content (AvgIpc) is 3.34. The lowest BCUT2D eigenvalue weighted by Gasteiger charge is -2.59. The number of carbonyl (C=O) groups excluding carboxylic acids is 2. The number of methoxy groups -OCH3 is 1. The van der Waals surface area contributed by atoms with Gasteiger partial charge in [0.15, 0.2) is 6.29 Å². The van der Waals surface area contributed by atoms with Gasteiger partial charge in [-0.3, -0.25) is 9.59 Å². The monoisotopic (exact) mass is 907 g/mol. The Hall–Kier alpha value is -4.97. The number of fused-ring (bicyclic) bond motifs is 2. The van der Waals surface area contributed by atoms with Gasteiger partial charge in [-0.15, -0.1) is 6.58 Å². The number of ether oxygens (including phenoxy) is 4. The summed E-state index contributed by atoms with van der Waals surface area (Å²) in [5.41, 5.74) is 4.05. The van der Waals surface area contributed by atoms with Gasteiger partial charge >= 0.3 is 0 Å². The van der Waals surface area contributed by atoms with Crippen molar-refractivity contribution < 1.29 is 43.6 Å². The molecule has 6 atom stereocenters. The van der Waals surface area contributed by atoms with E-state index in [4.69, 9.17) is 28.9 Å². The fraction of sp³-hybridized carbons (Fsp3) is 0.545. The summed E-state index contributed by atoms with van der Waals surface area (Å²) in [6, 6.07) is 20.4. The minimum absolute atomic E-state index is 0.0302. The van der Waals surface area contributed by atoms with Crippen LogP contribution < -0.4 is 14.2 Å². The first-order valence-corrected chi connectivity index (χ1v) is 24.6. The average molecular weight is 907 g/mol. The van der Waals surface area contributed by atoms with Gasteiger partial charge in [-0.2, -0.15) is 0 Å². The zero-order valence-corrected chi connectivity index (χ0v) is 39.7. The fourth-order valence-corrected chi connectivity index (χ4v) is 10.5. The molecule has 1 saturated carbocycles. The molecule has 0 radical (unpaired) electrons. The van der Waals surface area contributed by atoms with E-state index in [0.717, 1.165) is 73.6 Å². The van der Waals surface area contributed by atoms with Crippen molar-refractivity contribution >= 4 is 17.9 Å². The summed E-state index contributed by atoms with van der Waals surface area (Å²) in [7, 11) is 3.41. The van der Waals surface area contributed by atoms with E-state index in [1.165, 1.54) is 45.6 Å². The summed E-state index contributed by atoms with van der Waals surface area (Å²) >= 11 is 0. The van der Waals surface area contributed by atoms with Crippen LogP contribution in [0.3, 0.4) is 0 Å². The van der Waals surface area contributed by atoms with Gasteiger partial charge in [0, 0.05) is 44.6 Å². The number of nitrogens with zero attached hydrogens (tertiary/aromatic N) is 2. The second kappa shape index (κ2) is 25.8. The number of carbonyl (C=O) groups is 2. The SMILES string of the molecule is C=CCO[C@@]12Oc3ccc(Oc4ccc(OC)c(C=O)c4)cc3[C@H]3[C@H](CCCCO)[C@@H](CCCCO)C=C(C(=NOCc4ccccc4)C[C@@H]1N(C)C(=O)CCCCCCCCCCC)[C@H]32. The van der Waals surface area contributed by atoms with E-state index in [9.17, 15) is 19.8 Å². The van der Waals surface area contributed by atoms with Crippen LogP contribution in [0.4, 0.5) is 0 Å². The van der Waals surface area contributed by atoms with Crippen molar-refractivity contribution in [2.45, 2.75) is 140 Å². The van der Waals surface area contributed by atoms with Crippen molar-refractivity contribution in [2.75, 3.05) is 34.0 Å². The number of hydrogen-bond donors (Lipinski definition) is 2. The molecule has 2 aliphatic carbocycles. The highest BCUT2D eigenvalue weighted by Gasteiger charge is 2.65. The van der Waals surface area contributed by atoms with Crippen molar-refractivity contribution in [3.05, 3.63) is 108 Å². The highest BCUT2D eigenvalue weighted by Crippen LogP contribution is 2.62. The molecule has 2 N–H and O–H groups in total. The maximum atomic E-state index is 14.5. The molecule has 0 bridgehead atoms. The largest absolute Gasteiger partial charge is 0.496 e. The van der Waals surface area contributed by atoms with Crippen LogP contribution in [-0.4, -0.2) is 78.8 Å². The Morgan fingerprint density at radius 2 is 1.59 bits per heavy atom. The molecule has 0 aromatic heterocycles. The summed E-state index contributed by atoms with van der Waals surface area (Å²) in [4.78, 5) is 34.5. The molecule has 0 spiro atoms. The molecular formula is C55H74N2O9. The van der Waals surface area contributed by atoms with Crippen molar-refractivity contribution in [3.63, 3.8) is 0 Å². The van der Waals surface area contributed by atoms with Crippen LogP contribution in [0.2, 0.25) is 0 Å². The van der Waals surface area contributed by atoms with Crippen molar-refractivity contribution in [1.82, 2.24) is 4.90 Å². The number of oxime groups is 1. The van der Waals surface area contributed by atoms with Crippen LogP contribution in [0.1, 0.15) is 143 Å². The van der Waals surface area contributed by atoms with E-state index in [-0.39, 0.29) is 50.1 Å². The zero-order valence-electron chi connectivity index (χ0n) is 39.7. The van der Waals surface area contributed by atoms with E-state index in [2.05, 4.69) is 19.6 Å². The zero-order chi connectivity index (χ0) is 46.7. The fourth-order valence-electron chi connectivity index (χ4n) is 10.5. The Bertz CT molecular complexity index is 2070. The van der Waals surface area contributed by atoms with E-state index >= 15 is 0 Å². The quantitative estimate of drug-likeness (QED) is 0.0302. The second-order valence-corrected chi connectivity index (χ2v) is 18.2. The number of rotatable bonds is 29. The first kappa shape index (κ1) is 50.4. The molecule has 1 heterocycles. The van der Waals surface area contributed by atoms with Crippen molar-refractivity contribution in [2.24, 2.45) is 22.9 Å².